The lowest BCUT2D eigenvalue weighted by Crippen LogP contribution is -2.13. The molecule has 0 spiro atoms. The number of rotatable bonds is 3. The number of nitrogen functional groups attached to an aromatic ring is 1. The molecule has 0 aromatic carbocycles. The molecule has 0 atom stereocenters. The summed E-state index contributed by atoms with van der Waals surface area (Å²) in [5.41, 5.74) is 7.00. The van der Waals surface area contributed by atoms with Crippen LogP contribution in [0.25, 0.3) is 0 Å². The van der Waals surface area contributed by atoms with E-state index in [0.717, 1.165) is 13.0 Å². The van der Waals surface area contributed by atoms with Crippen LogP contribution in [0.2, 0.25) is 0 Å². The van der Waals surface area contributed by atoms with Crippen molar-refractivity contribution >= 4 is 21.6 Å². The predicted octanol–water partition coefficient (Wildman–Crippen LogP) is 2.55. The van der Waals surface area contributed by atoms with E-state index in [0.29, 0.717) is 4.47 Å². The third-order valence-electron chi connectivity index (χ3n) is 2.00. The van der Waals surface area contributed by atoms with E-state index in [1.807, 2.05) is 4.57 Å². The van der Waals surface area contributed by atoms with Crippen molar-refractivity contribution in [1.29, 1.82) is 0 Å². The fourth-order valence-electron chi connectivity index (χ4n) is 1.25. The Bertz CT molecular complexity index is 404. The Morgan fingerprint density at radius 1 is 1.53 bits per heavy atom. The first-order chi connectivity index (χ1) is 7.00. The minimum Gasteiger partial charge on any atom is -0.394 e. The maximum atomic E-state index is 11.3. The number of halogens is 1. The highest BCUT2D eigenvalue weighted by atomic mass is 79.9. The second kappa shape index (κ2) is 5.16. The van der Waals surface area contributed by atoms with E-state index < -0.39 is 0 Å². The van der Waals surface area contributed by atoms with Crippen molar-refractivity contribution in [2.24, 2.45) is 0 Å². The van der Waals surface area contributed by atoms with Gasteiger partial charge < -0.3 is 10.3 Å². The van der Waals surface area contributed by atoms with E-state index in [9.17, 15) is 4.79 Å². The topological polar surface area (TPSA) is 48.0 Å². The van der Waals surface area contributed by atoms with Crippen LogP contribution < -0.4 is 11.2 Å². The van der Waals surface area contributed by atoms with Crippen LogP contribution in [0.3, 0.4) is 0 Å². The van der Waals surface area contributed by atoms with Gasteiger partial charge in [-0.25, -0.2) is 0 Å². The number of allylic oxidation sites excluding steroid dienone is 2. The Morgan fingerprint density at radius 2 is 2.20 bits per heavy atom. The first-order valence-electron chi connectivity index (χ1n) is 4.79. The van der Waals surface area contributed by atoms with Crippen LogP contribution >= 0.6 is 15.9 Å². The van der Waals surface area contributed by atoms with Crippen molar-refractivity contribution in [1.82, 2.24) is 4.57 Å². The van der Waals surface area contributed by atoms with Gasteiger partial charge in [0.05, 0.1) is 10.2 Å². The van der Waals surface area contributed by atoms with E-state index in [1.165, 1.54) is 5.57 Å². The SMILES string of the molecule is CC(C)=CCCn1cc(N)c(=O)c(Br)c1. The van der Waals surface area contributed by atoms with Gasteiger partial charge in [0.15, 0.2) is 0 Å². The van der Waals surface area contributed by atoms with Crippen LogP contribution in [0.1, 0.15) is 20.3 Å². The van der Waals surface area contributed by atoms with Crippen LogP contribution in [-0.2, 0) is 6.54 Å². The molecule has 82 valence electrons. The van der Waals surface area contributed by atoms with Gasteiger partial charge in [-0.2, -0.15) is 0 Å². The molecule has 1 aromatic heterocycles. The Kier molecular flexibility index (Phi) is 4.15. The second-order valence-electron chi connectivity index (χ2n) is 3.70. The van der Waals surface area contributed by atoms with Gasteiger partial charge in [-0.05, 0) is 36.2 Å². The molecule has 0 unspecified atom stereocenters. The van der Waals surface area contributed by atoms with Crippen molar-refractivity contribution in [3.05, 3.63) is 38.7 Å². The lowest BCUT2D eigenvalue weighted by atomic mass is 10.2. The molecule has 0 saturated heterocycles. The highest BCUT2D eigenvalue weighted by Crippen LogP contribution is 2.07. The molecule has 1 aromatic rings. The quantitative estimate of drug-likeness (QED) is 0.859. The number of hydrogen-bond acceptors (Lipinski definition) is 2. The van der Waals surface area contributed by atoms with Gasteiger partial charge in [-0.15, -0.1) is 0 Å². The fourth-order valence-corrected chi connectivity index (χ4v) is 1.74. The number of nitrogens with two attached hydrogens (primary N) is 1. The fraction of sp³-hybridized carbons (Fsp3) is 0.364. The lowest BCUT2D eigenvalue weighted by molar-refractivity contribution is 0.700. The lowest BCUT2D eigenvalue weighted by Gasteiger charge is -2.06. The summed E-state index contributed by atoms with van der Waals surface area (Å²) in [6.07, 6.45) is 6.53. The maximum Gasteiger partial charge on any atom is 0.218 e. The smallest absolute Gasteiger partial charge is 0.218 e. The van der Waals surface area contributed by atoms with Gasteiger partial charge in [-0.3, -0.25) is 4.79 Å². The molecule has 0 aliphatic heterocycles. The normalized spacial score (nSPS) is 10.1. The zero-order valence-corrected chi connectivity index (χ0v) is 10.5. The summed E-state index contributed by atoms with van der Waals surface area (Å²) in [7, 11) is 0. The number of pyridine rings is 1. The van der Waals surface area contributed by atoms with Crippen molar-refractivity contribution in [3.8, 4) is 0 Å². The van der Waals surface area contributed by atoms with Crippen LogP contribution in [0.15, 0.2) is 33.3 Å². The monoisotopic (exact) mass is 270 g/mol. The van der Waals surface area contributed by atoms with Crippen molar-refractivity contribution in [3.63, 3.8) is 0 Å². The molecular formula is C11H15BrN2O. The summed E-state index contributed by atoms with van der Waals surface area (Å²) in [5, 5.41) is 0. The number of hydrogen-bond donors (Lipinski definition) is 1. The summed E-state index contributed by atoms with van der Waals surface area (Å²) in [6, 6.07) is 0. The first kappa shape index (κ1) is 12.0. The molecule has 0 bridgehead atoms. The van der Waals surface area contributed by atoms with Crippen molar-refractivity contribution in [2.75, 3.05) is 5.73 Å². The molecule has 1 rings (SSSR count). The zero-order chi connectivity index (χ0) is 11.4. The third-order valence-corrected chi connectivity index (χ3v) is 2.57. The van der Waals surface area contributed by atoms with E-state index in [4.69, 9.17) is 5.73 Å². The van der Waals surface area contributed by atoms with E-state index in [-0.39, 0.29) is 11.1 Å². The Hall–Kier alpha value is -1.03. The summed E-state index contributed by atoms with van der Waals surface area (Å²) in [6.45, 7) is 4.96. The van der Waals surface area contributed by atoms with Gasteiger partial charge in [-0.1, -0.05) is 11.6 Å². The van der Waals surface area contributed by atoms with Gasteiger partial charge in [0.2, 0.25) is 5.43 Å². The van der Waals surface area contributed by atoms with Crippen molar-refractivity contribution in [2.45, 2.75) is 26.8 Å². The largest absolute Gasteiger partial charge is 0.394 e. The van der Waals surface area contributed by atoms with E-state index in [1.54, 1.807) is 12.4 Å². The second-order valence-corrected chi connectivity index (χ2v) is 4.55. The maximum absolute atomic E-state index is 11.3. The minimum absolute atomic E-state index is 0.145. The predicted molar refractivity (Wildman–Crippen MR) is 66.9 cm³/mol. The number of anilines is 1. The molecule has 0 radical (unpaired) electrons. The Labute approximate surface area is 97.7 Å². The average Bonchev–Trinajstić information content (AvgIpc) is 2.13. The van der Waals surface area contributed by atoms with Gasteiger partial charge in [0.1, 0.15) is 0 Å². The summed E-state index contributed by atoms with van der Waals surface area (Å²) in [5.74, 6) is 0. The molecule has 4 heteroatoms. The molecule has 15 heavy (non-hydrogen) atoms. The molecule has 0 amide bonds. The molecule has 1 heterocycles. The van der Waals surface area contributed by atoms with Crippen LogP contribution in [0, 0.1) is 0 Å². The molecule has 0 aliphatic rings. The third kappa shape index (κ3) is 3.55. The summed E-state index contributed by atoms with van der Waals surface area (Å²) in [4.78, 5) is 11.3. The standard InChI is InChI=1S/C11H15BrN2O/c1-8(2)4-3-5-14-6-9(12)11(15)10(13)7-14/h4,6-7H,3,5,13H2,1-2H3. The molecule has 0 saturated carbocycles. The van der Waals surface area contributed by atoms with E-state index in [2.05, 4.69) is 35.9 Å². The first-order valence-corrected chi connectivity index (χ1v) is 5.58. The molecule has 0 aliphatic carbocycles. The van der Waals surface area contributed by atoms with Crippen LogP contribution in [0.4, 0.5) is 5.69 Å². The molecule has 0 fully saturated rings. The molecular weight excluding hydrogens is 256 g/mol. The number of aryl methyl sites for hydroxylation is 1. The van der Waals surface area contributed by atoms with Crippen molar-refractivity contribution < 1.29 is 0 Å². The highest BCUT2D eigenvalue weighted by molar-refractivity contribution is 9.10. The van der Waals surface area contributed by atoms with Gasteiger partial charge in [0, 0.05) is 18.9 Å². The average molecular weight is 271 g/mol. The summed E-state index contributed by atoms with van der Waals surface area (Å²) < 4.78 is 2.43. The van der Waals surface area contributed by atoms with Gasteiger partial charge >= 0.3 is 0 Å². The Morgan fingerprint density at radius 3 is 2.73 bits per heavy atom. The van der Waals surface area contributed by atoms with E-state index >= 15 is 0 Å². The summed E-state index contributed by atoms with van der Waals surface area (Å²) >= 11 is 3.19. The van der Waals surface area contributed by atoms with Gasteiger partial charge in [0.25, 0.3) is 0 Å². The number of nitrogens with zero attached hydrogens (tertiary/aromatic N) is 1. The highest BCUT2D eigenvalue weighted by Gasteiger charge is 2.01. The molecule has 3 nitrogen and oxygen atoms in total. The zero-order valence-electron chi connectivity index (χ0n) is 8.96. The number of aromatic nitrogens is 1. The minimum atomic E-state index is -0.145. The van der Waals surface area contributed by atoms with Crippen LogP contribution in [-0.4, -0.2) is 4.57 Å². The molecule has 2 N–H and O–H groups in total. The van der Waals surface area contributed by atoms with Crippen LogP contribution in [0.5, 0.6) is 0 Å². The Balaban J connectivity index is 2.80.